The molecule has 0 atom stereocenters. The van der Waals surface area contributed by atoms with E-state index in [1.54, 1.807) is 19.4 Å². The lowest BCUT2D eigenvalue weighted by molar-refractivity contribution is 0.415. The Bertz CT molecular complexity index is 1150. The number of hydrogen-bond acceptors (Lipinski definition) is 4. The normalized spacial score (nSPS) is 11.3. The van der Waals surface area contributed by atoms with Gasteiger partial charge < -0.3 is 13.6 Å². The molecule has 2 aromatic heterocycles. The van der Waals surface area contributed by atoms with Crippen LogP contribution >= 0.6 is 0 Å². The van der Waals surface area contributed by atoms with Crippen LogP contribution in [0.3, 0.4) is 0 Å². The van der Waals surface area contributed by atoms with E-state index in [9.17, 15) is 4.79 Å². The van der Waals surface area contributed by atoms with Gasteiger partial charge in [-0.1, -0.05) is 30.4 Å². The first-order chi connectivity index (χ1) is 13.8. The van der Waals surface area contributed by atoms with Gasteiger partial charge in [-0.25, -0.2) is 4.79 Å². The summed E-state index contributed by atoms with van der Waals surface area (Å²) in [6.45, 7) is 0. The largest absolute Gasteiger partial charge is 0.497 e. The molecule has 0 radical (unpaired) electrons. The van der Waals surface area contributed by atoms with E-state index in [1.165, 1.54) is 0 Å². The van der Waals surface area contributed by atoms with Crippen molar-refractivity contribution in [1.29, 1.82) is 0 Å². The van der Waals surface area contributed by atoms with Gasteiger partial charge >= 0.3 is 5.63 Å². The molecule has 4 aromatic rings. The average molecular weight is 372 g/mol. The molecule has 0 saturated carbocycles. The Hall–Kier alpha value is -3.53. The second kappa shape index (κ2) is 8.01. The highest BCUT2D eigenvalue weighted by Gasteiger charge is 2.14. The van der Waals surface area contributed by atoms with Gasteiger partial charge in [0.25, 0.3) is 0 Å². The van der Waals surface area contributed by atoms with Gasteiger partial charge in [-0.2, -0.15) is 0 Å². The molecule has 0 spiro atoms. The molecule has 0 fully saturated rings. The maximum atomic E-state index is 12.5. The lowest BCUT2D eigenvalue weighted by atomic mass is 9.98. The van der Waals surface area contributed by atoms with Gasteiger partial charge in [0.05, 0.1) is 18.8 Å². The van der Waals surface area contributed by atoms with Gasteiger partial charge in [-0.3, -0.25) is 0 Å². The summed E-state index contributed by atoms with van der Waals surface area (Å²) in [4.78, 5) is 12.5. The quantitative estimate of drug-likeness (QED) is 0.425. The van der Waals surface area contributed by atoms with Crippen LogP contribution in [0.5, 0.6) is 5.75 Å². The summed E-state index contributed by atoms with van der Waals surface area (Å²) in [5.74, 6) is 2.26. The Morgan fingerprint density at radius 3 is 2.36 bits per heavy atom. The zero-order valence-corrected chi connectivity index (χ0v) is 15.6. The number of allylic oxidation sites excluding steroid dienone is 2. The highest BCUT2D eigenvalue weighted by molar-refractivity contribution is 5.88. The van der Waals surface area contributed by atoms with Gasteiger partial charge in [0.1, 0.15) is 17.3 Å². The summed E-state index contributed by atoms with van der Waals surface area (Å²) in [7, 11) is 1.63. The Morgan fingerprint density at radius 1 is 0.893 bits per heavy atom. The van der Waals surface area contributed by atoms with Crippen LogP contribution in [0.2, 0.25) is 0 Å². The van der Waals surface area contributed by atoms with Crippen LogP contribution in [0.1, 0.15) is 11.3 Å². The number of hydrogen-bond donors (Lipinski definition) is 0. The van der Waals surface area contributed by atoms with Crippen LogP contribution in [-0.4, -0.2) is 7.11 Å². The zero-order chi connectivity index (χ0) is 19.3. The fraction of sp³-hybridized carbons (Fsp3) is 0.125. The van der Waals surface area contributed by atoms with Crippen LogP contribution < -0.4 is 10.4 Å². The molecule has 0 unspecified atom stereocenters. The second-order valence-electron chi connectivity index (χ2n) is 6.43. The first-order valence-corrected chi connectivity index (χ1v) is 9.13. The summed E-state index contributed by atoms with van der Waals surface area (Å²) in [5.41, 5.74) is 1.50. The smallest absolute Gasteiger partial charge is 0.344 e. The van der Waals surface area contributed by atoms with Crippen LogP contribution in [-0.2, 0) is 12.8 Å². The minimum atomic E-state index is -0.329. The molecule has 140 valence electrons. The van der Waals surface area contributed by atoms with Gasteiger partial charge in [0, 0.05) is 17.5 Å². The molecule has 4 heteroatoms. The maximum absolute atomic E-state index is 12.5. The third-order valence-electron chi connectivity index (χ3n) is 4.68. The summed E-state index contributed by atoms with van der Waals surface area (Å²) < 4.78 is 16.3. The molecule has 0 aliphatic heterocycles. The maximum Gasteiger partial charge on any atom is 0.344 e. The third-order valence-corrected chi connectivity index (χ3v) is 4.68. The highest BCUT2D eigenvalue weighted by Crippen LogP contribution is 2.30. The molecule has 2 heterocycles. The molecule has 28 heavy (non-hydrogen) atoms. The fourth-order valence-corrected chi connectivity index (χ4v) is 3.26. The Morgan fingerprint density at radius 2 is 1.64 bits per heavy atom. The van der Waals surface area contributed by atoms with E-state index in [0.29, 0.717) is 17.6 Å². The first-order valence-electron chi connectivity index (χ1n) is 9.13. The van der Waals surface area contributed by atoms with Crippen molar-refractivity contribution >= 4 is 10.8 Å². The lowest BCUT2D eigenvalue weighted by Crippen LogP contribution is -2.04. The molecule has 4 rings (SSSR count). The van der Waals surface area contributed by atoms with Crippen molar-refractivity contribution in [3.05, 3.63) is 101 Å². The predicted molar refractivity (Wildman–Crippen MR) is 110 cm³/mol. The Kier molecular flexibility index (Phi) is 5.11. The number of furan rings is 1. The van der Waals surface area contributed by atoms with Crippen molar-refractivity contribution in [3.63, 3.8) is 0 Å². The van der Waals surface area contributed by atoms with Gasteiger partial charge in [-0.05, 0) is 54.3 Å². The lowest BCUT2D eigenvalue weighted by Gasteiger charge is -2.11. The van der Waals surface area contributed by atoms with Crippen LogP contribution in [0, 0.1) is 0 Å². The van der Waals surface area contributed by atoms with Crippen molar-refractivity contribution in [2.24, 2.45) is 0 Å². The Balaban J connectivity index is 1.75. The topological polar surface area (TPSA) is 52.6 Å². The summed E-state index contributed by atoms with van der Waals surface area (Å²) in [6, 6.07) is 18.9. The van der Waals surface area contributed by atoms with Crippen molar-refractivity contribution in [3.8, 4) is 17.1 Å². The van der Waals surface area contributed by atoms with Crippen molar-refractivity contribution in [2.45, 2.75) is 12.8 Å². The summed E-state index contributed by atoms with van der Waals surface area (Å²) in [5, 5.41) is 1.50. The van der Waals surface area contributed by atoms with Gasteiger partial charge in [-0.15, -0.1) is 0 Å². The van der Waals surface area contributed by atoms with E-state index < -0.39 is 0 Å². The number of benzene rings is 2. The highest BCUT2D eigenvalue weighted by atomic mass is 16.5. The van der Waals surface area contributed by atoms with E-state index in [2.05, 4.69) is 12.2 Å². The summed E-state index contributed by atoms with van der Waals surface area (Å²) in [6.07, 6.45) is 7.18. The van der Waals surface area contributed by atoms with Crippen molar-refractivity contribution in [1.82, 2.24) is 0 Å². The third kappa shape index (κ3) is 3.62. The summed E-state index contributed by atoms with van der Waals surface area (Å²) >= 11 is 0. The molecule has 0 amide bonds. The molecule has 0 bridgehead atoms. The van der Waals surface area contributed by atoms with E-state index in [4.69, 9.17) is 13.6 Å². The first kappa shape index (κ1) is 17.9. The van der Waals surface area contributed by atoms with Crippen LogP contribution in [0.4, 0.5) is 0 Å². The van der Waals surface area contributed by atoms with Gasteiger partial charge in [0.2, 0.25) is 0 Å². The molecule has 0 N–H and O–H groups in total. The van der Waals surface area contributed by atoms with Crippen LogP contribution in [0.15, 0.2) is 92.7 Å². The molecule has 0 saturated heterocycles. The molecule has 2 aromatic carbocycles. The number of ether oxygens (including phenoxy) is 1. The van der Waals surface area contributed by atoms with E-state index in [-0.39, 0.29) is 5.63 Å². The van der Waals surface area contributed by atoms with E-state index in [0.717, 1.165) is 34.4 Å². The van der Waals surface area contributed by atoms with Crippen molar-refractivity contribution in [2.75, 3.05) is 7.11 Å². The average Bonchev–Trinajstić information content (AvgIpc) is 3.26. The molecular formula is C24H20O4. The fourth-order valence-electron chi connectivity index (χ4n) is 3.26. The molecular weight excluding hydrogens is 352 g/mol. The number of methoxy groups -OCH3 is 1. The molecule has 4 nitrogen and oxygen atoms in total. The zero-order valence-electron chi connectivity index (χ0n) is 15.6. The number of rotatable bonds is 6. The van der Waals surface area contributed by atoms with E-state index >= 15 is 0 Å². The molecule has 0 aliphatic carbocycles. The standard InChI is InChI=1S/C24H20O4/c1-26-18-14-12-17(13-15-18)23-21(10-3-2-7-19-8-6-16-27-19)20-9-4-5-11-22(20)24(25)28-23/h2-6,8-9,11-16H,7,10H2,1H3/b3-2+. The van der Waals surface area contributed by atoms with Crippen molar-refractivity contribution < 1.29 is 13.6 Å². The second-order valence-corrected chi connectivity index (χ2v) is 6.43. The van der Waals surface area contributed by atoms with Crippen LogP contribution in [0.25, 0.3) is 22.1 Å². The molecule has 0 aliphatic rings. The minimum Gasteiger partial charge on any atom is -0.497 e. The minimum absolute atomic E-state index is 0.329. The monoisotopic (exact) mass is 372 g/mol. The Labute approximate surface area is 162 Å². The predicted octanol–water partition coefficient (Wildman–Crippen LogP) is 5.40. The number of fused-ring (bicyclic) bond motifs is 1. The SMILES string of the molecule is COc1ccc(-c2oc(=O)c3ccccc3c2C/C=C/Cc2ccco2)cc1. The van der Waals surface area contributed by atoms with Gasteiger partial charge in [0.15, 0.2) is 0 Å². The van der Waals surface area contributed by atoms with E-state index in [1.807, 2.05) is 54.6 Å².